The lowest BCUT2D eigenvalue weighted by molar-refractivity contribution is 0.191. The molecule has 8 heteroatoms. The van der Waals surface area contributed by atoms with E-state index >= 15 is 0 Å². The standard InChI is InChI=1S/C12H20N6O2/c1-7(2)15-9-3-10(17-11(13)16-9)18-5-8(6-18)4-14-12(19)20/h3,7-8,14H,4-6H2,1-2H3,(H,19,20)(H3,13,15,16,17). The molecule has 1 saturated heterocycles. The molecule has 1 aliphatic rings. The Balaban J connectivity index is 1.94. The number of nitrogens with zero attached hydrogens (tertiary/aromatic N) is 3. The SMILES string of the molecule is CC(C)Nc1cc(N2CC(CNC(=O)O)C2)nc(N)n1. The van der Waals surface area contributed by atoms with Gasteiger partial charge < -0.3 is 26.4 Å². The van der Waals surface area contributed by atoms with Gasteiger partial charge in [-0.25, -0.2) is 4.79 Å². The Kier molecular flexibility index (Phi) is 4.11. The summed E-state index contributed by atoms with van der Waals surface area (Å²) in [5.74, 6) is 2.02. The van der Waals surface area contributed by atoms with Crippen molar-refractivity contribution in [2.75, 3.05) is 35.6 Å². The number of carboxylic acid groups (broad SMARTS) is 1. The maximum atomic E-state index is 10.4. The number of amides is 1. The minimum atomic E-state index is -0.988. The average Bonchev–Trinajstić information content (AvgIpc) is 2.24. The number of nitrogens with one attached hydrogen (secondary N) is 2. The molecule has 1 aromatic rings. The minimum absolute atomic E-state index is 0.234. The van der Waals surface area contributed by atoms with Crippen molar-refractivity contribution in [1.29, 1.82) is 0 Å². The molecule has 0 saturated carbocycles. The maximum Gasteiger partial charge on any atom is 0.404 e. The molecule has 0 aromatic carbocycles. The van der Waals surface area contributed by atoms with Crippen LogP contribution < -0.4 is 21.3 Å². The van der Waals surface area contributed by atoms with Crippen LogP contribution in [0.2, 0.25) is 0 Å². The first-order chi connectivity index (χ1) is 9.44. The summed E-state index contributed by atoms with van der Waals surface area (Å²) in [7, 11) is 0. The highest BCUT2D eigenvalue weighted by atomic mass is 16.4. The first-order valence-corrected chi connectivity index (χ1v) is 6.57. The van der Waals surface area contributed by atoms with E-state index in [2.05, 4.69) is 25.5 Å². The van der Waals surface area contributed by atoms with Crippen molar-refractivity contribution in [1.82, 2.24) is 15.3 Å². The summed E-state index contributed by atoms with van der Waals surface area (Å²) in [6, 6.07) is 2.12. The monoisotopic (exact) mass is 280 g/mol. The lowest BCUT2D eigenvalue weighted by Gasteiger charge is -2.40. The van der Waals surface area contributed by atoms with Crippen molar-refractivity contribution in [3.05, 3.63) is 6.07 Å². The van der Waals surface area contributed by atoms with Gasteiger partial charge in [0.1, 0.15) is 11.6 Å². The van der Waals surface area contributed by atoms with Crippen LogP contribution in [0.3, 0.4) is 0 Å². The quantitative estimate of drug-likeness (QED) is 0.623. The van der Waals surface area contributed by atoms with E-state index in [4.69, 9.17) is 10.8 Å². The third kappa shape index (κ3) is 3.62. The second-order valence-electron chi connectivity index (χ2n) is 5.23. The molecule has 0 spiro atoms. The van der Waals surface area contributed by atoms with Gasteiger partial charge in [0.25, 0.3) is 0 Å². The lowest BCUT2D eigenvalue weighted by Crippen LogP contribution is -2.51. The van der Waals surface area contributed by atoms with Crippen LogP contribution in [-0.4, -0.2) is 46.8 Å². The van der Waals surface area contributed by atoms with Gasteiger partial charge in [-0.15, -0.1) is 0 Å². The Morgan fingerprint density at radius 3 is 2.85 bits per heavy atom. The topological polar surface area (TPSA) is 116 Å². The van der Waals surface area contributed by atoms with Gasteiger partial charge in [0.05, 0.1) is 0 Å². The van der Waals surface area contributed by atoms with Crippen molar-refractivity contribution in [3.8, 4) is 0 Å². The van der Waals surface area contributed by atoms with E-state index in [0.29, 0.717) is 18.3 Å². The molecule has 0 unspecified atom stereocenters. The van der Waals surface area contributed by atoms with Gasteiger partial charge in [-0.3, -0.25) is 0 Å². The number of carbonyl (C=O) groups is 1. The Bertz CT molecular complexity index is 487. The van der Waals surface area contributed by atoms with Gasteiger partial charge >= 0.3 is 6.09 Å². The highest BCUT2D eigenvalue weighted by Gasteiger charge is 2.28. The molecule has 1 aliphatic heterocycles. The van der Waals surface area contributed by atoms with Crippen molar-refractivity contribution < 1.29 is 9.90 Å². The predicted molar refractivity (Wildman–Crippen MR) is 76.9 cm³/mol. The Morgan fingerprint density at radius 1 is 1.55 bits per heavy atom. The van der Waals surface area contributed by atoms with Crippen molar-refractivity contribution in [3.63, 3.8) is 0 Å². The van der Waals surface area contributed by atoms with Crippen molar-refractivity contribution in [2.24, 2.45) is 5.92 Å². The first kappa shape index (κ1) is 14.2. The normalized spacial score (nSPS) is 15.1. The highest BCUT2D eigenvalue weighted by molar-refractivity contribution is 5.64. The molecule has 2 heterocycles. The summed E-state index contributed by atoms with van der Waals surface area (Å²) in [5.41, 5.74) is 5.71. The van der Waals surface area contributed by atoms with E-state index in [9.17, 15) is 4.79 Å². The van der Waals surface area contributed by atoms with Crippen LogP contribution in [0.25, 0.3) is 0 Å². The van der Waals surface area contributed by atoms with E-state index in [1.54, 1.807) is 0 Å². The van der Waals surface area contributed by atoms with E-state index in [1.165, 1.54) is 0 Å². The molecular formula is C12H20N6O2. The number of rotatable bonds is 5. The minimum Gasteiger partial charge on any atom is -0.465 e. The molecule has 110 valence electrons. The molecule has 0 aliphatic carbocycles. The molecule has 5 N–H and O–H groups in total. The van der Waals surface area contributed by atoms with Crippen LogP contribution in [-0.2, 0) is 0 Å². The smallest absolute Gasteiger partial charge is 0.404 e. The second-order valence-corrected chi connectivity index (χ2v) is 5.23. The fourth-order valence-corrected chi connectivity index (χ4v) is 2.10. The molecule has 20 heavy (non-hydrogen) atoms. The summed E-state index contributed by atoms with van der Waals surface area (Å²) >= 11 is 0. The zero-order chi connectivity index (χ0) is 14.7. The lowest BCUT2D eigenvalue weighted by atomic mass is 10.0. The number of hydrogen-bond donors (Lipinski definition) is 4. The van der Waals surface area contributed by atoms with Crippen LogP contribution in [0.15, 0.2) is 6.07 Å². The summed E-state index contributed by atoms with van der Waals surface area (Å²) in [5, 5.41) is 14.1. The zero-order valence-corrected chi connectivity index (χ0v) is 11.6. The fraction of sp³-hybridized carbons (Fsp3) is 0.583. The van der Waals surface area contributed by atoms with Gasteiger partial charge in [0, 0.05) is 37.7 Å². The van der Waals surface area contributed by atoms with Gasteiger partial charge in [-0.05, 0) is 13.8 Å². The number of anilines is 3. The molecule has 1 amide bonds. The van der Waals surface area contributed by atoms with Crippen LogP contribution in [0, 0.1) is 5.92 Å². The number of nitrogen functional groups attached to an aromatic ring is 1. The molecule has 0 bridgehead atoms. The molecule has 0 atom stereocenters. The summed E-state index contributed by atoms with van der Waals surface area (Å²) in [6.07, 6.45) is -0.988. The Labute approximate surface area is 117 Å². The summed E-state index contributed by atoms with van der Waals surface area (Å²) in [6.45, 7) is 6.03. The van der Waals surface area contributed by atoms with Gasteiger partial charge in [-0.2, -0.15) is 9.97 Å². The maximum absolute atomic E-state index is 10.4. The van der Waals surface area contributed by atoms with Gasteiger partial charge in [0.15, 0.2) is 0 Å². The average molecular weight is 280 g/mol. The third-order valence-electron chi connectivity index (χ3n) is 2.99. The van der Waals surface area contributed by atoms with E-state index < -0.39 is 6.09 Å². The Hall–Kier alpha value is -2.25. The fourth-order valence-electron chi connectivity index (χ4n) is 2.10. The van der Waals surface area contributed by atoms with Crippen LogP contribution in [0.4, 0.5) is 22.4 Å². The number of aromatic nitrogens is 2. The number of nitrogens with two attached hydrogens (primary N) is 1. The van der Waals surface area contributed by atoms with Crippen molar-refractivity contribution >= 4 is 23.7 Å². The van der Waals surface area contributed by atoms with Gasteiger partial charge in [-0.1, -0.05) is 0 Å². The summed E-state index contributed by atoms with van der Waals surface area (Å²) in [4.78, 5) is 20.8. The third-order valence-corrected chi connectivity index (χ3v) is 2.99. The van der Waals surface area contributed by atoms with Crippen molar-refractivity contribution in [2.45, 2.75) is 19.9 Å². The molecule has 8 nitrogen and oxygen atoms in total. The Morgan fingerprint density at radius 2 is 2.25 bits per heavy atom. The summed E-state index contributed by atoms with van der Waals surface area (Å²) < 4.78 is 0. The molecule has 1 aromatic heterocycles. The highest BCUT2D eigenvalue weighted by Crippen LogP contribution is 2.25. The van der Waals surface area contributed by atoms with Crippen LogP contribution >= 0.6 is 0 Å². The molecule has 0 radical (unpaired) electrons. The molecule has 2 rings (SSSR count). The first-order valence-electron chi connectivity index (χ1n) is 6.57. The number of hydrogen-bond acceptors (Lipinski definition) is 6. The molecule has 1 fully saturated rings. The predicted octanol–water partition coefficient (Wildman–Crippen LogP) is 0.583. The second kappa shape index (κ2) is 5.81. The van der Waals surface area contributed by atoms with Gasteiger partial charge in [0.2, 0.25) is 5.95 Å². The van der Waals surface area contributed by atoms with E-state index in [1.807, 2.05) is 19.9 Å². The van der Waals surface area contributed by atoms with E-state index in [-0.39, 0.29) is 12.0 Å². The zero-order valence-electron chi connectivity index (χ0n) is 11.6. The van der Waals surface area contributed by atoms with Crippen LogP contribution in [0.5, 0.6) is 0 Å². The largest absolute Gasteiger partial charge is 0.465 e. The molecular weight excluding hydrogens is 260 g/mol. The van der Waals surface area contributed by atoms with Crippen LogP contribution in [0.1, 0.15) is 13.8 Å². The van der Waals surface area contributed by atoms with E-state index in [0.717, 1.165) is 18.9 Å².